The number of aliphatic imine (C=N–C) groups is 1. The van der Waals surface area contributed by atoms with Gasteiger partial charge in [-0.05, 0) is 56.3 Å². The first-order valence-electron chi connectivity index (χ1n) is 7.05. The van der Waals surface area contributed by atoms with Gasteiger partial charge in [0.1, 0.15) is 11.6 Å². The number of sulfone groups is 1. The van der Waals surface area contributed by atoms with Crippen molar-refractivity contribution in [3.8, 4) is 5.75 Å². The van der Waals surface area contributed by atoms with E-state index in [1.807, 2.05) is 0 Å². The SMILES string of the molecule is C.CC1(C)N=C(c2ccc(F)cc2)c2ccc(S(C)(=O)=O)cc2O1. The number of hydrogen-bond acceptors (Lipinski definition) is 4. The van der Waals surface area contributed by atoms with Crippen molar-refractivity contribution in [2.75, 3.05) is 6.26 Å². The van der Waals surface area contributed by atoms with Crippen molar-refractivity contribution in [2.24, 2.45) is 4.99 Å². The highest BCUT2D eigenvalue weighted by Gasteiger charge is 2.29. The lowest BCUT2D eigenvalue weighted by molar-refractivity contribution is 0.115. The Labute approximate surface area is 141 Å². The molecule has 0 saturated heterocycles. The summed E-state index contributed by atoms with van der Waals surface area (Å²) in [5.74, 6) is 0.126. The molecular weight excluding hydrogens is 329 g/mol. The van der Waals surface area contributed by atoms with E-state index in [1.54, 1.807) is 32.0 Å². The first-order valence-corrected chi connectivity index (χ1v) is 8.94. The third kappa shape index (κ3) is 3.48. The van der Waals surface area contributed by atoms with Crippen LogP contribution in [0.2, 0.25) is 0 Å². The van der Waals surface area contributed by atoms with Crippen molar-refractivity contribution in [3.05, 3.63) is 59.4 Å². The van der Waals surface area contributed by atoms with E-state index in [4.69, 9.17) is 4.74 Å². The monoisotopic (exact) mass is 349 g/mol. The zero-order valence-corrected chi connectivity index (χ0v) is 13.8. The molecule has 6 heteroatoms. The third-order valence-corrected chi connectivity index (χ3v) is 4.61. The van der Waals surface area contributed by atoms with E-state index >= 15 is 0 Å². The molecule has 1 heterocycles. The van der Waals surface area contributed by atoms with Crippen LogP contribution in [-0.2, 0) is 9.84 Å². The fraction of sp³-hybridized carbons (Fsp3) is 0.278. The van der Waals surface area contributed by atoms with E-state index in [-0.39, 0.29) is 18.1 Å². The fourth-order valence-corrected chi connectivity index (χ4v) is 3.10. The number of fused-ring (bicyclic) bond motifs is 1. The van der Waals surface area contributed by atoms with E-state index in [1.165, 1.54) is 24.3 Å². The maximum Gasteiger partial charge on any atom is 0.195 e. The maximum absolute atomic E-state index is 13.2. The molecule has 0 amide bonds. The molecule has 2 aromatic rings. The highest BCUT2D eigenvalue weighted by molar-refractivity contribution is 7.90. The molecule has 0 atom stereocenters. The summed E-state index contributed by atoms with van der Waals surface area (Å²) in [6.07, 6.45) is 1.15. The van der Waals surface area contributed by atoms with Crippen molar-refractivity contribution >= 4 is 15.5 Å². The molecule has 0 N–H and O–H groups in total. The first kappa shape index (κ1) is 18.1. The number of nitrogens with zero attached hydrogens (tertiary/aromatic N) is 1. The van der Waals surface area contributed by atoms with Gasteiger partial charge in [-0.3, -0.25) is 0 Å². The number of benzene rings is 2. The summed E-state index contributed by atoms with van der Waals surface area (Å²) in [6.45, 7) is 3.57. The van der Waals surface area contributed by atoms with E-state index in [0.29, 0.717) is 17.0 Å². The Hall–Kier alpha value is -2.21. The van der Waals surface area contributed by atoms with Crippen molar-refractivity contribution in [2.45, 2.75) is 31.9 Å². The van der Waals surface area contributed by atoms with Gasteiger partial charge in [-0.1, -0.05) is 7.43 Å². The van der Waals surface area contributed by atoms with Crippen molar-refractivity contribution in [3.63, 3.8) is 0 Å². The Morgan fingerprint density at radius 2 is 1.71 bits per heavy atom. The van der Waals surface area contributed by atoms with Crippen LogP contribution in [0.5, 0.6) is 5.75 Å². The van der Waals surface area contributed by atoms with Crippen LogP contribution in [0.1, 0.15) is 32.4 Å². The Morgan fingerprint density at radius 1 is 1.08 bits per heavy atom. The van der Waals surface area contributed by atoms with Gasteiger partial charge in [0.05, 0.1) is 10.6 Å². The van der Waals surface area contributed by atoms with Crippen LogP contribution in [0.3, 0.4) is 0 Å². The Balaban J connectivity index is 0.00000208. The summed E-state index contributed by atoms with van der Waals surface area (Å²) in [5.41, 5.74) is 1.24. The van der Waals surface area contributed by atoms with Crippen molar-refractivity contribution < 1.29 is 17.5 Å². The van der Waals surface area contributed by atoms with Crippen LogP contribution in [-0.4, -0.2) is 26.1 Å². The lowest BCUT2D eigenvalue weighted by atomic mass is 9.99. The van der Waals surface area contributed by atoms with Gasteiger partial charge >= 0.3 is 0 Å². The molecular formula is C18H20FNO3S. The van der Waals surface area contributed by atoms with Crippen LogP contribution in [0.15, 0.2) is 52.4 Å². The zero-order valence-electron chi connectivity index (χ0n) is 13.0. The van der Waals surface area contributed by atoms with Crippen LogP contribution in [0.4, 0.5) is 4.39 Å². The third-order valence-electron chi connectivity index (χ3n) is 3.49. The smallest absolute Gasteiger partial charge is 0.195 e. The summed E-state index contributed by atoms with van der Waals surface area (Å²) < 4.78 is 42.4. The quantitative estimate of drug-likeness (QED) is 0.828. The molecule has 0 spiro atoms. The van der Waals surface area contributed by atoms with Gasteiger partial charge in [0, 0.05) is 17.4 Å². The van der Waals surface area contributed by atoms with Gasteiger partial charge in [-0.2, -0.15) is 0 Å². The highest BCUT2D eigenvalue weighted by atomic mass is 32.2. The van der Waals surface area contributed by atoms with Gasteiger partial charge in [0.15, 0.2) is 15.6 Å². The second-order valence-electron chi connectivity index (χ2n) is 5.95. The second-order valence-corrected chi connectivity index (χ2v) is 7.96. The van der Waals surface area contributed by atoms with Crippen LogP contribution >= 0.6 is 0 Å². The number of hydrogen-bond donors (Lipinski definition) is 0. The molecule has 0 bridgehead atoms. The summed E-state index contributed by atoms with van der Waals surface area (Å²) in [7, 11) is -3.33. The molecule has 1 aliphatic rings. The number of rotatable bonds is 2. The predicted molar refractivity (Wildman–Crippen MR) is 93.0 cm³/mol. The molecule has 24 heavy (non-hydrogen) atoms. The number of ether oxygens (including phenoxy) is 1. The normalized spacial score (nSPS) is 15.6. The largest absolute Gasteiger partial charge is 0.466 e. The lowest BCUT2D eigenvalue weighted by Crippen LogP contribution is -2.32. The van der Waals surface area contributed by atoms with Gasteiger partial charge in [0.25, 0.3) is 0 Å². The summed E-state index contributed by atoms with van der Waals surface area (Å²) in [5, 5.41) is 0. The predicted octanol–water partition coefficient (Wildman–Crippen LogP) is 3.83. The second kappa shape index (κ2) is 6.02. The molecule has 1 aliphatic heterocycles. The molecule has 0 radical (unpaired) electrons. The minimum atomic E-state index is -3.33. The number of halogens is 1. The molecule has 0 aliphatic carbocycles. The molecule has 0 fully saturated rings. The molecule has 4 nitrogen and oxygen atoms in total. The molecule has 3 rings (SSSR count). The average molecular weight is 349 g/mol. The molecule has 128 valence electrons. The average Bonchev–Trinajstić information content (AvgIpc) is 2.44. The standard InChI is InChI=1S/C17H16FNO3S.CH4/c1-17(2)19-16(11-4-6-12(18)7-5-11)14-9-8-13(23(3,20)21)10-15(14)22-17;/h4-10H,1-3H3;1H4. The summed E-state index contributed by atoms with van der Waals surface area (Å²) >= 11 is 0. The van der Waals surface area contributed by atoms with E-state index in [2.05, 4.69) is 4.99 Å². The molecule has 0 aromatic heterocycles. The van der Waals surface area contributed by atoms with Gasteiger partial charge < -0.3 is 4.74 Å². The van der Waals surface area contributed by atoms with Crippen molar-refractivity contribution in [1.29, 1.82) is 0 Å². The topological polar surface area (TPSA) is 55.7 Å². The van der Waals surface area contributed by atoms with Gasteiger partial charge in [-0.15, -0.1) is 0 Å². The lowest BCUT2D eigenvalue weighted by Gasteiger charge is -2.30. The zero-order chi connectivity index (χ0) is 16.8. The van der Waals surface area contributed by atoms with E-state index in [0.717, 1.165) is 11.8 Å². The van der Waals surface area contributed by atoms with Crippen LogP contribution in [0.25, 0.3) is 0 Å². The molecule has 0 unspecified atom stereocenters. The first-order chi connectivity index (χ1) is 10.7. The summed E-state index contributed by atoms with van der Waals surface area (Å²) in [6, 6.07) is 10.7. The Bertz CT molecular complexity index is 900. The molecule has 2 aromatic carbocycles. The van der Waals surface area contributed by atoms with Crippen molar-refractivity contribution in [1.82, 2.24) is 0 Å². The van der Waals surface area contributed by atoms with Gasteiger partial charge in [-0.25, -0.2) is 17.8 Å². The van der Waals surface area contributed by atoms with Crippen LogP contribution < -0.4 is 4.74 Å². The highest BCUT2D eigenvalue weighted by Crippen LogP contribution is 2.34. The minimum absolute atomic E-state index is 0. The maximum atomic E-state index is 13.2. The Morgan fingerprint density at radius 3 is 2.29 bits per heavy atom. The minimum Gasteiger partial charge on any atom is -0.466 e. The summed E-state index contributed by atoms with van der Waals surface area (Å²) in [4.78, 5) is 4.76. The van der Waals surface area contributed by atoms with E-state index < -0.39 is 15.6 Å². The van der Waals surface area contributed by atoms with Gasteiger partial charge in [0.2, 0.25) is 0 Å². The van der Waals surface area contributed by atoms with Crippen LogP contribution in [0, 0.1) is 5.82 Å². The van der Waals surface area contributed by atoms with E-state index in [9.17, 15) is 12.8 Å². The fourth-order valence-electron chi connectivity index (χ4n) is 2.46. The molecule has 0 saturated carbocycles. The Kier molecular flexibility index (Phi) is 4.55.